The number of aryl methyl sites for hydroxylation is 1. The van der Waals surface area contributed by atoms with E-state index in [1.807, 2.05) is 37.5 Å². The van der Waals surface area contributed by atoms with E-state index in [1.165, 1.54) is 6.07 Å². The molecule has 0 saturated heterocycles. The highest BCUT2D eigenvalue weighted by atomic mass is 19.1. The lowest BCUT2D eigenvalue weighted by atomic mass is 10.0. The van der Waals surface area contributed by atoms with Crippen LogP contribution >= 0.6 is 0 Å². The maximum Gasteiger partial charge on any atom is 0.201 e. The lowest BCUT2D eigenvalue weighted by molar-refractivity contribution is 0.428. The van der Waals surface area contributed by atoms with Crippen LogP contribution in [-0.2, 0) is 13.6 Å². The zero-order valence-electron chi connectivity index (χ0n) is 15.2. The lowest BCUT2D eigenvalue weighted by Crippen LogP contribution is -2.00. The minimum atomic E-state index is -0.312. The van der Waals surface area contributed by atoms with Crippen molar-refractivity contribution in [3.63, 3.8) is 0 Å². The summed E-state index contributed by atoms with van der Waals surface area (Å²) in [6.07, 6.45) is 5.21. The van der Waals surface area contributed by atoms with Gasteiger partial charge in [0.15, 0.2) is 0 Å². The van der Waals surface area contributed by atoms with Crippen molar-refractivity contribution in [2.45, 2.75) is 6.54 Å². The number of aromatic nitrogens is 4. The van der Waals surface area contributed by atoms with Crippen LogP contribution in [-0.4, -0.2) is 24.4 Å². The molecule has 6 heteroatoms. The van der Waals surface area contributed by atoms with Crippen LogP contribution in [0.2, 0.25) is 0 Å². The van der Waals surface area contributed by atoms with Crippen molar-refractivity contribution >= 4 is 21.8 Å². The molecular formula is C22H17FN4O. The Balaban J connectivity index is 1.50. The van der Waals surface area contributed by atoms with Crippen LogP contribution in [0.4, 0.5) is 4.39 Å². The van der Waals surface area contributed by atoms with E-state index in [9.17, 15) is 9.50 Å². The second kappa shape index (κ2) is 6.20. The standard InChI is InChI=1S/C22H17FN4O/c1-26-21-10-15(4-6-16(21)11-25-26)14-5-7-17(19(23)9-14)12-27-13-20-18(22(27)28)3-2-8-24-20/h2-11,13,28H,12H2,1H3. The predicted octanol–water partition coefficient (Wildman–Crippen LogP) is 4.48. The number of hydrogen-bond donors (Lipinski definition) is 1. The molecule has 5 nitrogen and oxygen atoms in total. The van der Waals surface area contributed by atoms with Gasteiger partial charge in [-0.1, -0.05) is 24.3 Å². The van der Waals surface area contributed by atoms with Gasteiger partial charge in [0, 0.05) is 30.4 Å². The Morgan fingerprint density at radius 3 is 2.71 bits per heavy atom. The van der Waals surface area contributed by atoms with Gasteiger partial charge in [-0.05, 0) is 35.4 Å². The van der Waals surface area contributed by atoms with Gasteiger partial charge in [-0.15, -0.1) is 0 Å². The third-order valence-corrected chi connectivity index (χ3v) is 5.11. The van der Waals surface area contributed by atoms with Crippen LogP contribution < -0.4 is 0 Å². The van der Waals surface area contributed by atoms with Gasteiger partial charge in [0.05, 0.1) is 29.2 Å². The van der Waals surface area contributed by atoms with Gasteiger partial charge in [-0.2, -0.15) is 5.10 Å². The third-order valence-electron chi connectivity index (χ3n) is 5.11. The maximum absolute atomic E-state index is 14.8. The monoisotopic (exact) mass is 372 g/mol. The third kappa shape index (κ3) is 2.62. The highest BCUT2D eigenvalue weighted by Gasteiger charge is 2.12. The lowest BCUT2D eigenvalue weighted by Gasteiger charge is -2.09. The first-order chi connectivity index (χ1) is 13.6. The second-order valence-electron chi connectivity index (χ2n) is 6.86. The Morgan fingerprint density at radius 1 is 1.07 bits per heavy atom. The number of aromatic hydroxyl groups is 1. The molecule has 0 amide bonds. The van der Waals surface area contributed by atoms with E-state index in [4.69, 9.17) is 0 Å². The highest BCUT2D eigenvalue weighted by molar-refractivity contribution is 5.85. The molecule has 5 rings (SSSR count). The molecule has 0 fully saturated rings. The Bertz CT molecular complexity index is 1340. The van der Waals surface area contributed by atoms with Gasteiger partial charge in [0.2, 0.25) is 5.88 Å². The maximum atomic E-state index is 14.8. The zero-order chi connectivity index (χ0) is 19.3. The molecule has 0 saturated carbocycles. The van der Waals surface area contributed by atoms with E-state index in [0.29, 0.717) is 16.5 Å². The minimum absolute atomic E-state index is 0.0910. The Hall–Kier alpha value is -3.67. The van der Waals surface area contributed by atoms with Crippen molar-refractivity contribution < 1.29 is 9.50 Å². The largest absolute Gasteiger partial charge is 0.494 e. The first-order valence-corrected chi connectivity index (χ1v) is 8.93. The van der Waals surface area contributed by atoms with Crippen molar-refractivity contribution in [1.82, 2.24) is 19.3 Å². The Labute approximate surface area is 160 Å². The van der Waals surface area contributed by atoms with E-state index in [0.717, 1.165) is 22.0 Å². The number of benzene rings is 2. The van der Waals surface area contributed by atoms with Crippen molar-refractivity contribution in [2.24, 2.45) is 7.05 Å². The number of fused-ring (bicyclic) bond motifs is 2. The minimum Gasteiger partial charge on any atom is -0.494 e. The van der Waals surface area contributed by atoms with Crippen LogP contribution in [0.15, 0.2) is 67.1 Å². The summed E-state index contributed by atoms with van der Waals surface area (Å²) in [5, 5.41) is 16.3. The summed E-state index contributed by atoms with van der Waals surface area (Å²) >= 11 is 0. The smallest absolute Gasteiger partial charge is 0.201 e. The molecule has 138 valence electrons. The van der Waals surface area contributed by atoms with Gasteiger partial charge in [0.25, 0.3) is 0 Å². The fourth-order valence-electron chi connectivity index (χ4n) is 3.56. The average Bonchev–Trinajstić information content (AvgIpc) is 3.24. The highest BCUT2D eigenvalue weighted by Crippen LogP contribution is 2.29. The molecule has 0 radical (unpaired) electrons. The molecule has 3 aromatic heterocycles. The summed E-state index contributed by atoms with van der Waals surface area (Å²) in [4.78, 5) is 4.23. The van der Waals surface area contributed by atoms with Crippen molar-refractivity contribution in [2.75, 3.05) is 0 Å². The summed E-state index contributed by atoms with van der Waals surface area (Å²) < 4.78 is 18.2. The first kappa shape index (κ1) is 16.5. The Morgan fingerprint density at radius 2 is 1.89 bits per heavy atom. The second-order valence-corrected chi connectivity index (χ2v) is 6.86. The molecule has 28 heavy (non-hydrogen) atoms. The number of rotatable bonds is 3. The van der Waals surface area contributed by atoms with E-state index < -0.39 is 0 Å². The molecular weight excluding hydrogens is 355 g/mol. The molecule has 1 N–H and O–H groups in total. The average molecular weight is 372 g/mol. The molecule has 0 atom stereocenters. The summed E-state index contributed by atoms with van der Waals surface area (Å²) in [6, 6.07) is 14.7. The fraction of sp³-hybridized carbons (Fsp3) is 0.0909. The zero-order valence-corrected chi connectivity index (χ0v) is 15.2. The number of nitrogens with zero attached hydrogens (tertiary/aromatic N) is 4. The van der Waals surface area contributed by atoms with E-state index >= 15 is 0 Å². The molecule has 0 unspecified atom stereocenters. The summed E-state index contributed by atoms with van der Waals surface area (Å²) in [6.45, 7) is 0.231. The van der Waals surface area contributed by atoms with Crippen molar-refractivity contribution in [1.29, 1.82) is 0 Å². The van der Waals surface area contributed by atoms with Gasteiger partial charge >= 0.3 is 0 Å². The summed E-state index contributed by atoms with van der Waals surface area (Å²) in [7, 11) is 1.89. The Kier molecular flexibility index (Phi) is 3.65. The fourth-order valence-corrected chi connectivity index (χ4v) is 3.56. The molecule has 2 aromatic carbocycles. The molecule has 0 bridgehead atoms. The number of hydrogen-bond acceptors (Lipinski definition) is 3. The topological polar surface area (TPSA) is 55.9 Å². The van der Waals surface area contributed by atoms with Crippen molar-refractivity contribution in [3.8, 4) is 17.0 Å². The van der Waals surface area contributed by atoms with E-state index in [-0.39, 0.29) is 18.2 Å². The number of pyridine rings is 1. The van der Waals surface area contributed by atoms with Gasteiger partial charge in [0.1, 0.15) is 5.82 Å². The SMILES string of the molecule is Cn1ncc2ccc(-c3ccc(Cn4cc5ncccc5c4O)c(F)c3)cc21. The van der Waals surface area contributed by atoms with E-state index in [2.05, 4.69) is 10.1 Å². The van der Waals surface area contributed by atoms with Crippen LogP contribution in [0.1, 0.15) is 5.56 Å². The molecule has 0 aliphatic carbocycles. The molecule has 0 aliphatic rings. The molecule has 0 spiro atoms. The molecule has 3 heterocycles. The van der Waals surface area contributed by atoms with Crippen LogP contribution in [0.5, 0.6) is 5.88 Å². The van der Waals surface area contributed by atoms with Crippen LogP contribution in [0.3, 0.4) is 0 Å². The van der Waals surface area contributed by atoms with E-state index in [1.54, 1.807) is 39.8 Å². The predicted molar refractivity (Wildman–Crippen MR) is 107 cm³/mol. The van der Waals surface area contributed by atoms with Crippen LogP contribution in [0, 0.1) is 5.82 Å². The van der Waals surface area contributed by atoms with Gasteiger partial charge in [-0.3, -0.25) is 9.67 Å². The van der Waals surface area contributed by atoms with Crippen molar-refractivity contribution in [3.05, 3.63) is 78.5 Å². The molecule has 0 aliphatic heterocycles. The first-order valence-electron chi connectivity index (χ1n) is 8.93. The van der Waals surface area contributed by atoms with Gasteiger partial charge < -0.3 is 9.67 Å². The quantitative estimate of drug-likeness (QED) is 0.508. The van der Waals surface area contributed by atoms with Gasteiger partial charge in [-0.25, -0.2) is 4.39 Å². The molecule has 5 aromatic rings. The summed E-state index contributed by atoms with van der Waals surface area (Å²) in [5.41, 5.74) is 3.91. The normalized spacial score (nSPS) is 11.5. The number of halogens is 1. The summed E-state index contributed by atoms with van der Waals surface area (Å²) in [5.74, 6) is -0.221. The van der Waals surface area contributed by atoms with Crippen LogP contribution in [0.25, 0.3) is 32.9 Å².